The molecule has 0 radical (unpaired) electrons. The summed E-state index contributed by atoms with van der Waals surface area (Å²) in [6.45, 7) is -0.569. The van der Waals surface area contributed by atoms with E-state index in [0.29, 0.717) is 0 Å². The molecule has 132 valence electrons. The Kier molecular flexibility index (Phi) is 10.1. The first-order valence-corrected chi connectivity index (χ1v) is 6.75. The Morgan fingerprint density at radius 3 is 2.00 bits per heavy atom. The molecule has 0 fully saturated rings. The number of rotatable bonds is 7. The quantitative estimate of drug-likeness (QED) is 0.274. The van der Waals surface area contributed by atoms with Gasteiger partial charge in [0.05, 0.1) is 12.7 Å². The number of aliphatic hydroxyl groups excluding tert-OH is 5. The lowest BCUT2D eigenvalue weighted by atomic mass is 10.0. The van der Waals surface area contributed by atoms with Gasteiger partial charge in [-0.15, -0.1) is 0 Å². The van der Waals surface area contributed by atoms with Crippen LogP contribution >= 0.6 is 0 Å². The summed E-state index contributed by atoms with van der Waals surface area (Å²) in [5.41, 5.74) is -0.0671. The minimum absolute atomic E-state index is 0.0671. The van der Waals surface area contributed by atoms with Gasteiger partial charge in [0.25, 0.3) is 0 Å². The summed E-state index contributed by atoms with van der Waals surface area (Å²) < 4.78 is 0. The van der Waals surface area contributed by atoms with Crippen molar-refractivity contribution in [2.75, 3.05) is 20.2 Å². The molecule has 1 aromatic carbocycles. The van der Waals surface area contributed by atoms with Crippen LogP contribution in [0.2, 0.25) is 0 Å². The third-order valence-electron chi connectivity index (χ3n) is 2.87. The zero-order valence-corrected chi connectivity index (χ0v) is 12.6. The first-order chi connectivity index (χ1) is 10.8. The van der Waals surface area contributed by atoms with E-state index in [2.05, 4.69) is 5.32 Å². The lowest BCUT2D eigenvalue weighted by molar-refractivity contribution is -0.113. The van der Waals surface area contributed by atoms with Gasteiger partial charge in [0, 0.05) is 6.54 Å². The summed E-state index contributed by atoms with van der Waals surface area (Å²) in [5.74, 6) is -1.31. The number of benzene rings is 1. The molecule has 1 aromatic rings. The molecule has 0 aliphatic rings. The summed E-state index contributed by atoms with van der Waals surface area (Å²) >= 11 is 0. The van der Waals surface area contributed by atoms with Gasteiger partial charge in [0.1, 0.15) is 29.6 Å². The lowest BCUT2D eigenvalue weighted by Gasteiger charge is -2.25. The molecule has 8 N–H and O–H groups in total. The van der Waals surface area contributed by atoms with Crippen molar-refractivity contribution in [2.24, 2.45) is 0 Å². The van der Waals surface area contributed by atoms with Gasteiger partial charge in [0.15, 0.2) is 0 Å². The van der Waals surface area contributed by atoms with Gasteiger partial charge in [-0.2, -0.15) is 0 Å². The fourth-order valence-electron chi connectivity index (χ4n) is 1.55. The number of carbonyl (C=O) groups is 1. The van der Waals surface area contributed by atoms with Crippen molar-refractivity contribution < 1.29 is 40.5 Å². The maximum atomic E-state index is 10.3. The third kappa shape index (κ3) is 7.37. The fourth-order valence-corrected chi connectivity index (χ4v) is 1.55. The van der Waals surface area contributed by atoms with Gasteiger partial charge >= 0.3 is 5.97 Å². The number of aliphatic hydroxyl groups is 5. The Labute approximate surface area is 133 Å². The largest absolute Gasteiger partial charge is 0.507 e. The van der Waals surface area contributed by atoms with Gasteiger partial charge in [-0.25, -0.2) is 4.79 Å². The number of nitrogens with one attached hydrogen (secondary N) is 1. The SMILES string of the molecule is CNCC(O)C(O)C(O)C(O)CO.O=C(O)c1ccccc1O. The van der Waals surface area contributed by atoms with Crippen LogP contribution < -0.4 is 5.32 Å². The Balaban J connectivity index is 0.000000433. The molecular weight excluding hydrogens is 310 g/mol. The van der Waals surface area contributed by atoms with Crippen LogP contribution in [0, 0.1) is 0 Å². The Morgan fingerprint density at radius 2 is 1.61 bits per heavy atom. The van der Waals surface area contributed by atoms with Gasteiger partial charge in [-0.05, 0) is 19.2 Å². The molecule has 9 nitrogen and oxygen atoms in total. The molecule has 4 atom stereocenters. The van der Waals surface area contributed by atoms with Crippen LogP contribution in [-0.2, 0) is 0 Å². The zero-order valence-electron chi connectivity index (χ0n) is 12.6. The Bertz CT molecular complexity index is 470. The van der Waals surface area contributed by atoms with Crippen LogP contribution in [0.1, 0.15) is 10.4 Å². The highest BCUT2D eigenvalue weighted by molar-refractivity contribution is 5.90. The highest BCUT2D eigenvalue weighted by atomic mass is 16.4. The van der Waals surface area contributed by atoms with E-state index >= 15 is 0 Å². The Hall–Kier alpha value is -1.75. The third-order valence-corrected chi connectivity index (χ3v) is 2.87. The van der Waals surface area contributed by atoms with E-state index in [0.717, 1.165) is 0 Å². The van der Waals surface area contributed by atoms with Gasteiger partial charge in [-0.1, -0.05) is 12.1 Å². The molecule has 0 bridgehead atoms. The average Bonchev–Trinajstić information content (AvgIpc) is 2.53. The van der Waals surface area contributed by atoms with Crippen molar-refractivity contribution in [3.05, 3.63) is 29.8 Å². The maximum absolute atomic E-state index is 10.3. The summed E-state index contributed by atoms with van der Waals surface area (Å²) in [6, 6.07) is 5.81. The van der Waals surface area contributed by atoms with Crippen molar-refractivity contribution >= 4 is 5.97 Å². The molecule has 0 aromatic heterocycles. The molecule has 0 amide bonds. The average molecular weight is 333 g/mol. The molecule has 23 heavy (non-hydrogen) atoms. The van der Waals surface area contributed by atoms with E-state index in [1.807, 2.05) is 0 Å². The number of hydrogen-bond acceptors (Lipinski definition) is 8. The lowest BCUT2D eigenvalue weighted by Crippen LogP contribution is -2.48. The second-order valence-corrected chi connectivity index (χ2v) is 4.68. The second-order valence-electron chi connectivity index (χ2n) is 4.68. The minimum atomic E-state index is -1.55. The van der Waals surface area contributed by atoms with E-state index in [9.17, 15) is 9.90 Å². The van der Waals surface area contributed by atoms with Crippen LogP contribution in [0.15, 0.2) is 24.3 Å². The van der Waals surface area contributed by atoms with E-state index < -0.39 is 37.0 Å². The summed E-state index contributed by atoms with van der Waals surface area (Å²) in [5, 5.41) is 64.8. The molecule has 4 unspecified atom stereocenters. The number of para-hydroxylation sites is 1. The van der Waals surface area contributed by atoms with Crippen LogP contribution in [-0.4, -0.2) is 86.3 Å². The number of hydrogen-bond donors (Lipinski definition) is 8. The van der Waals surface area contributed by atoms with Crippen molar-refractivity contribution in [3.63, 3.8) is 0 Å². The molecule has 0 aliphatic carbocycles. The standard InChI is InChI=1S/C7H17NO5.C7H6O3/c1-8-2-4(10)6(12)7(13)5(11)3-9;8-6-4-2-1-3-5(6)7(9)10/h4-13H,2-3H2,1H3;1-4,8H,(H,9,10). The highest BCUT2D eigenvalue weighted by Crippen LogP contribution is 2.14. The van der Waals surface area contributed by atoms with E-state index in [4.69, 9.17) is 30.6 Å². The molecule has 0 spiro atoms. The van der Waals surface area contributed by atoms with Crippen molar-refractivity contribution in [1.82, 2.24) is 5.32 Å². The maximum Gasteiger partial charge on any atom is 0.339 e. The molecule has 0 saturated heterocycles. The van der Waals surface area contributed by atoms with Crippen molar-refractivity contribution in [2.45, 2.75) is 24.4 Å². The number of carboxylic acids is 1. The topological polar surface area (TPSA) is 171 Å². The second kappa shape index (κ2) is 10.9. The normalized spacial score (nSPS) is 15.7. The number of aromatic carboxylic acids is 1. The monoisotopic (exact) mass is 333 g/mol. The van der Waals surface area contributed by atoms with Crippen LogP contribution in [0.3, 0.4) is 0 Å². The number of aromatic hydroxyl groups is 1. The minimum Gasteiger partial charge on any atom is -0.507 e. The molecular formula is C14H23NO8. The summed E-state index contributed by atoms with van der Waals surface area (Å²) in [6.07, 6.45) is -5.65. The molecule has 1 rings (SSSR count). The first-order valence-electron chi connectivity index (χ1n) is 6.75. The van der Waals surface area contributed by atoms with Crippen LogP contribution in [0.25, 0.3) is 0 Å². The predicted molar refractivity (Wildman–Crippen MR) is 80.1 cm³/mol. The van der Waals surface area contributed by atoms with Crippen molar-refractivity contribution in [1.29, 1.82) is 0 Å². The van der Waals surface area contributed by atoms with Crippen LogP contribution in [0.4, 0.5) is 0 Å². The van der Waals surface area contributed by atoms with Gasteiger partial charge in [-0.3, -0.25) is 0 Å². The van der Waals surface area contributed by atoms with Gasteiger partial charge < -0.3 is 41.1 Å². The molecule has 9 heteroatoms. The van der Waals surface area contributed by atoms with E-state index in [1.54, 1.807) is 19.2 Å². The molecule has 0 saturated carbocycles. The fraction of sp³-hybridized carbons (Fsp3) is 0.500. The van der Waals surface area contributed by atoms with E-state index in [-0.39, 0.29) is 17.9 Å². The Morgan fingerprint density at radius 1 is 1.09 bits per heavy atom. The summed E-state index contributed by atoms with van der Waals surface area (Å²) in [4.78, 5) is 10.3. The zero-order chi connectivity index (χ0) is 18.0. The predicted octanol–water partition coefficient (Wildman–Crippen LogP) is -2.27. The molecule has 0 heterocycles. The number of phenols is 1. The highest BCUT2D eigenvalue weighted by Gasteiger charge is 2.29. The smallest absolute Gasteiger partial charge is 0.339 e. The van der Waals surface area contributed by atoms with Crippen molar-refractivity contribution in [3.8, 4) is 5.75 Å². The van der Waals surface area contributed by atoms with Gasteiger partial charge in [0.2, 0.25) is 0 Å². The first kappa shape index (κ1) is 21.2. The summed E-state index contributed by atoms with van der Waals surface area (Å²) in [7, 11) is 1.57. The molecule has 0 aliphatic heterocycles. The number of likely N-dealkylation sites (N-methyl/N-ethyl adjacent to an activating group) is 1. The van der Waals surface area contributed by atoms with Crippen LogP contribution in [0.5, 0.6) is 5.75 Å². The van der Waals surface area contributed by atoms with E-state index in [1.165, 1.54) is 12.1 Å². The number of carboxylic acid groups (broad SMARTS) is 1.